The highest BCUT2D eigenvalue weighted by molar-refractivity contribution is 5.35. The van der Waals surface area contributed by atoms with Crippen molar-refractivity contribution in [2.24, 2.45) is 0 Å². The number of hydrogen-bond acceptors (Lipinski definition) is 4. The standard InChI is InChI=1S/C17H25NO3/c1-13(15-5-3-4-6-16(15)19-2)18-14-7-9-17(10-8-14)20-11-12-21-17/h3-6,13-14,18H,7-12H2,1-2H3. The second kappa shape index (κ2) is 6.34. The third-order valence-electron chi connectivity index (χ3n) is 4.65. The van der Waals surface area contributed by atoms with Gasteiger partial charge in [-0.15, -0.1) is 0 Å². The molecule has 1 heterocycles. The zero-order chi connectivity index (χ0) is 14.7. The van der Waals surface area contributed by atoms with E-state index < -0.39 is 0 Å². The fourth-order valence-electron chi connectivity index (χ4n) is 3.48. The Morgan fingerprint density at radius 2 is 1.86 bits per heavy atom. The van der Waals surface area contributed by atoms with E-state index in [1.807, 2.05) is 12.1 Å². The first-order chi connectivity index (χ1) is 10.2. The van der Waals surface area contributed by atoms with Gasteiger partial charge in [0.1, 0.15) is 5.75 Å². The summed E-state index contributed by atoms with van der Waals surface area (Å²) in [6.45, 7) is 3.69. The average Bonchev–Trinajstić information content (AvgIpc) is 2.98. The molecule has 1 spiro atoms. The highest BCUT2D eigenvalue weighted by Crippen LogP contribution is 2.36. The van der Waals surface area contributed by atoms with E-state index in [2.05, 4.69) is 24.4 Å². The van der Waals surface area contributed by atoms with Crippen molar-refractivity contribution < 1.29 is 14.2 Å². The molecule has 21 heavy (non-hydrogen) atoms. The van der Waals surface area contributed by atoms with Crippen LogP contribution in [-0.2, 0) is 9.47 Å². The second-order valence-electron chi connectivity index (χ2n) is 6.01. The Hall–Kier alpha value is -1.10. The van der Waals surface area contributed by atoms with E-state index in [4.69, 9.17) is 14.2 Å². The van der Waals surface area contributed by atoms with Gasteiger partial charge in [0.05, 0.1) is 20.3 Å². The molecule has 1 aliphatic carbocycles. The van der Waals surface area contributed by atoms with Crippen molar-refractivity contribution in [3.63, 3.8) is 0 Å². The van der Waals surface area contributed by atoms with E-state index in [1.165, 1.54) is 5.56 Å². The van der Waals surface area contributed by atoms with Crippen LogP contribution in [0.25, 0.3) is 0 Å². The van der Waals surface area contributed by atoms with Crippen LogP contribution in [-0.4, -0.2) is 32.2 Å². The molecule has 1 aliphatic heterocycles. The summed E-state index contributed by atoms with van der Waals surface area (Å²) >= 11 is 0. The Morgan fingerprint density at radius 3 is 2.52 bits per heavy atom. The molecule has 1 saturated heterocycles. The molecule has 1 N–H and O–H groups in total. The van der Waals surface area contributed by atoms with Crippen molar-refractivity contribution in [3.05, 3.63) is 29.8 Å². The molecule has 1 aromatic rings. The molecule has 2 fully saturated rings. The average molecular weight is 291 g/mol. The summed E-state index contributed by atoms with van der Waals surface area (Å²) in [5.74, 6) is 0.679. The van der Waals surface area contributed by atoms with Crippen molar-refractivity contribution in [1.82, 2.24) is 5.32 Å². The van der Waals surface area contributed by atoms with Gasteiger partial charge >= 0.3 is 0 Å². The first-order valence-electron chi connectivity index (χ1n) is 7.89. The Kier molecular flexibility index (Phi) is 4.48. The van der Waals surface area contributed by atoms with Gasteiger partial charge < -0.3 is 19.5 Å². The molecule has 1 aromatic carbocycles. The van der Waals surface area contributed by atoms with Crippen molar-refractivity contribution in [2.75, 3.05) is 20.3 Å². The third kappa shape index (κ3) is 3.23. The zero-order valence-corrected chi connectivity index (χ0v) is 12.9. The number of hydrogen-bond donors (Lipinski definition) is 1. The molecular weight excluding hydrogens is 266 g/mol. The summed E-state index contributed by atoms with van der Waals surface area (Å²) in [7, 11) is 1.73. The van der Waals surface area contributed by atoms with Gasteiger partial charge in [-0.3, -0.25) is 0 Å². The van der Waals surface area contributed by atoms with Crippen LogP contribution in [0.2, 0.25) is 0 Å². The van der Waals surface area contributed by atoms with E-state index in [9.17, 15) is 0 Å². The first kappa shape index (κ1) is 14.8. The lowest BCUT2D eigenvalue weighted by Crippen LogP contribution is -2.42. The zero-order valence-electron chi connectivity index (χ0n) is 12.9. The quantitative estimate of drug-likeness (QED) is 0.925. The molecule has 4 heteroatoms. The second-order valence-corrected chi connectivity index (χ2v) is 6.01. The summed E-state index contributed by atoms with van der Waals surface area (Å²) in [6.07, 6.45) is 4.17. The van der Waals surface area contributed by atoms with Crippen LogP contribution in [0.3, 0.4) is 0 Å². The Bertz CT molecular complexity index is 461. The van der Waals surface area contributed by atoms with Gasteiger partial charge in [-0.2, -0.15) is 0 Å². The molecular formula is C17H25NO3. The predicted octanol–water partition coefficient (Wildman–Crippen LogP) is 3.03. The highest BCUT2D eigenvalue weighted by Gasteiger charge is 2.40. The molecule has 0 bridgehead atoms. The molecule has 4 nitrogen and oxygen atoms in total. The number of methoxy groups -OCH3 is 1. The van der Waals surface area contributed by atoms with Crippen molar-refractivity contribution in [2.45, 2.75) is 50.5 Å². The van der Waals surface area contributed by atoms with E-state index in [-0.39, 0.29) is 11.8 Å². The van der Waals surface area contributed by atoms with Crippen molar-refractivity contribution in [3.8, 4) is 5.75 Å². The van der Waals surface area contributed by atoms with Crippen LogP contribution in [0, 0.1) is 0 Å². The van der Waals surface area contributed by atoms with E-state index >= 15 is 0 Å². The van der Waals surface area contributed by atoms with Gasteiger partial charge in [0.2, 0.25) is 0 Å². The maximum atomic E-state index is 5.79. The lowest BCUT2D eigenvalue weighted by atomic mass is 9.89. The van der Waals surface area contributed by atoms with E-state index in [0.717, 1.165) is 44.6 Å². The fourth-order valence-corrected chi connectivity index (χ4v) is 3.48. The van der Waals surface area contributed by atoms with Gasteiger partial charge in [0, 0.05) is 30.5 Å². The van der Waals surface area contributed by atoms with Crippen LogP contribution in [0.5, 0.6) is 5.75 Å². The van der Waals surface area contributed by atoms with Crippen LogP contribution < -0.4 is 10.1 Å². The summed E-state index contributed by atoms with van der Waals surface area (Å²) in [4.78, 5) is 0. The number of ether oxygens (including phenoxy) is 3. The lowest BCUT2D eigenvalue weighted by molar-refractivity contribution is -0.179. The molecule has 1 saturated carbocycles. The monoisotopic (exact) mass is 291 g/mol. The molecule has 1 atom stereocenters. The minimum absolute atomic E-state index is 0.272. The topological polar surface area (TPSA) is 39.7 Å². The summed E-state index contributed by atoms with van der Waals surface area (Å²) in [5, 5.41) is 3.73. The molecule has 116 valence electrons. The first-order valence-corrected chi connectivity index (χ1v) is 7.89. The van der Waals surface area contributed by atoms with Crippen molar-refractivity contribution >= 4 is 0 Å². The fraction of sp³-hybridized carbons (Fsp3) is 0.647. The summed E-state index contributed by atoms with van der Waals surface area (Å²) < 4.78 is 17.0. The van der Waals surface area contributed by atoms with Gasteiger partial charge in [-0.1, -0.05) is 18.2 Å². The third-order valence-corrected chi connectivity index (χ3v) is 4.65. The van der Waals surface area contributed by atoms with Crippen LogP contribution in [0.1, 0.15) is 44.2 Å². The number of benzene rings is 1. The van der Waals surface area contributed by atoms with Gasteiger partial charge in [-0.05, 0) is 25.8 Å². The van der Waals surface area contributed by atoms with E-state index in [1.54, 1.807) is 7.11 Å². The Labute approximate surface area is 126 Å². The van der Waals surface area contributed by atoms with Gasteiger partial charge in [0.15, 0.2) is 5.79 Å². The molecule has 0 radical (unpaired) electrons. The summed E-state index contributed by atoms with van der Waals surface area (Å²) in [5.41, 5.74) is 1.22. The molecule has 0 aromatic heterocycles. The SMILES string of the molecule is COc1ccccc1C(C)NC1CCC2(CC1)OCCO2. The normalized spacial score (nSPS) is 23.3. The maximum absolute atomic E-state index is 5.79. The van der Waals surface area contributed by atoms with Crippen LogP contribution in [0.4, 0.5) is 0 Å². The lowest BCUT2D eigenvalue weighted by Gasteiger charge is -2.37. The minimum Gasteiger partial charge on any atom is -0.496 e. The molecule has 0 amide bonds. The minimum atomic E-state index is -0.272. The van der Waals surface area contributed by atoms with Crippen LogP contribution in [0.15, 0.2) is 24.3 Å². The van der Waals surface area contributed by atoms with Crippen LogP contribution >= 0.6 is 0 Å². The molecule has 3 rings (SSSR count). The number of nitrogens with one attached hydrogen (secondary N) is 1. The van der Waals surface area contributed by atoms with Gasteiger partial charge in [0.25, 0.3) is 0 Å². The maximum Gasteiger partial charge on any atom is 0.168 e. The molecule has 1 unspecified atom stereocenters. The highest BCUT2D eigenvalue weighted by atomic mass is 16.7. The predicted molar refractivity (Wildman–Crippen MR) is 81.4 cm³/mol. The number of rotatable bonds is 4. The van der Waals surface area contributed by atoms with Crippen molar-refractivity contribution in [1.29, 1.82) is 0 Å². The smallest absolute Gasteiger partial charge is 0.168 e. The Morgan fingerprint density at radius 1 is 1.19 bits per heavy atom. The largest absolute Gasteiger partial charge is 0.496 e. The van der Waals surface area contributed by atoms with Gasteiger partial charge in [-0.25, -0.2) is 0 Å². The van der Waals surface area contributed by atoms with E-state index in [0.29, 0.717) is 6.04 Å². The molecule has 2 aliphatic rings. The number of para-hydroxylation sites is 1. The Balaban J connectivity index is 1.57. The summed E-state index contributed by atoms with van der Waals surface area (Å²) in [6, 6.07) is 9.02.